The Bertz CT molecular complexity index is 303. The molecular weight excluding hydrogens is 234 g/mol. The fraction of sp³-hybridized carbons (Fsp3) is 0.538. The zero-order valence-electron chi connectivity index (χ0n) is 10.3. The molecule has 0 fully saturated rings. The Hall–Kier alpha value is -0.710. The van der Waals surface area contributed by atoms with Crippen molar-refractivity contribution in [1.29, 1.82) is 0 Å². The third-order valence-corrected chi connectivity index (χ3v) is 3.54. The van der Waals surface area contributed by atoms with Crippen LogP contribution in [0.5, 0.6) is 5.75 Å². The molecule has 0 aliphatic heterocycles. The first kappa shape index (κ1) is 14.4. The molecular formula is C13H21NO2S. The van der Waals surface area contributed by atoms with Gasteiger partial charge in [-0.1, -0.05) is 12.1 Å². The van der Waals surface area contributed by atoms with Gasteiger partial charge >= 0.3 is 0 Å². The summed E-state index contributed by atoms with van der Waals surface area (Å²) in [5.41, 5.74) is 7.21. The van der Waals surface area contributed by atoms with Gasteiger partial charge in [0.2, 0.25) is 0 Å². The Labute approximate surface area is 107 Å². The Morgan fingerprint density at radius 1 is 1.35 bits per heavy atom. The van der Waals surface area contributed by atoms with Crippen LogP contribution in [0.4, 0.5) is 0 Å². The summed E-state index contributed by atoms with van der Waals surface area (Å²) in [4.78, 5) is 0. The van der Waals surface area contributed by atoms with E-state index in [-0.39, 0.29) is 12.6 Å². The van der Waals surface area contributed by atoms with Gasteiger partial charge in [0.1, 0.15) is 5.75 Å². The third-order valence-electron chi connectivity index (χ3n) is 2.36. The molecule has 1 unspecified atom stereocenters. The molecule has 0 aliphatic carbocycles. The maximum absolute atomic E-state index is 8.67. The van der Waals surface area contributed by atoms with Crippen molar-refractivity contribution >= 4 is 11.8 Å². The van der Waals surface area contributed by atoms with Crippen molar-refractivity contribution in [3.8, 4) is 5.75 Å². The van der Waals surface area contributed by atoms with Gasteiger partial charge < -0.3 is 15.6 Å². The molecule has 1 atom stereocenters. The molecule has 0 heterocycles. The first-order valence-electron chi connectivity index (χ1n) is 5.95. The minimum absolute atomic E-state index is 0.0503. The van der Waals surface area contributed by atoms with Crippen molar-refractivity contribution in [3.05, 3.63) is 29.8 Å². The molecule has 1 aromatic rings. The van der Waals surface area contributed by atoms with Gasteiger partial charge in [-0.3, -0.25) is 0 Å². The predicted octanol–water partition coefficient (Wildman–Crippen LogP) is 2.20. The molecule has 0 bridgehead atoms. The molecule has 0 saturated carbocycles. The van der Waals surface area contributed by atoms with E-state index in [4.69, 9.17) is 15.6 Å². The molecule has 0 spiro atoms. The van der Waals surface area contributed by atoms with E-state index in [1.165, 1.54) is 0 Å². The molecule has 1 rings (SSSR count). The largest absolute Gasteiger partial charge is 0.494 e. The Morgan fingerprint density at radius 3 is 2.65 bits per heavy atom. The first-order valence-corrected chi connectivity index (χ1v) is 7.10. The lowest BCUT2D eigenvalue weighted by Gasteiger charge is -2.12. The lowest BCUT2D eigenvalue weighted by molar-refractivity contribution is 0.296. The Kier molecular flexibility index (Phi) is 7.08. The van der Waals surface area contributed by atoms with E-state index >= 15 is 0 Å². The van der Waals surface area contributed by atoms with Crippen molar-refractivity contribution in [2.75, 3.05) is 24.7 Å². The average molecular weight is 255 g/mol. The van der Waals surface area contributed by atoms with Crippen LogP contribution in [0.1, 0.15) is 24.9 Å². The van der Waals surface area contributed by atoms with E-state index in [1.54, 1.807) is 11.8 Å². The van der Waals surface area contributed by atoms with Gasteiger partial charge in [0.15, 0.2) is 0 Å². The standard InChI is InChI=1S/C13H21NO2S/c1-2-16-12-6-4-11(5-7-12)13(14)10-17-9-3-8-15/h4-7,13,15H,2-3,8-10,14H2,1H3. The number of nitrogens with two attached hydrogens (primary N) is 1. The van der Waals surface area contributed by atoms with Crippen LogP contribution in [0.25, 0.3) is 0 Å². The number of thioether (sulfide) groups is 1. The maximum Gasteiger partial charge on any atom is 0.119 e. The molecule has 0 aliphatic rings. The third kappa shape index (κ3) is 5.44. The second-order valence-electron chi connectivity index (χ2n) is 3.76. The van der Waals surface area contributed by atoms with Gasteiger partial charge in [0.25, 0.3) is 0 Å². The number of aliphatic hydroxyl groups is 1. The number of benzene rings is 1. The number of hydrogen-bond acceptors (Lipinski definition) is 4. The Morgan fingerprint density at radius 2 is 2.06 bits per heavy atom. The van der Waals surface area contributed by atoms with E-state index in [0.29, 0.717) is 6.61 Å². The monoisotopic (exact) mass is 255 g/mol. The van der Waals surface area contributed by atoms with Gasteiger partial charge in [0.05, 0.1) is 6.61 Å². The minimum atomic E-state index is 0.0503. The minimum Gasteiger partial charge on any atom is -0.494 e. The van der Waals surface area contributed by atoms with Gasteiger partial charge in [-0.25, -0.2) is 0 Å². The second kappa shape index (κ2) is 8.39. The molecule has 0 saturated heterocycles. The molecule has 96 valence electrons. The van der Waals surface area contributed by atoms with Crippen LogP contribution in [0.3, 0.4) is 0 Å². The van der Waals surface area contributed by atoms with Crippen molar-refractivity contribution in [2.24, 2.45) is 5.73 Å². The fourth-order valence-electron chi connectivity index (χ4n) is 1.45. The first-order chi connectivity index (χ1) is 8.27. The van der Waals surface area contributed by atoms with Crippen molar-refractivity contribution in [2.45, 2.75) is 19.4 Å². The summed E-state index contributed by atoms with van der Waals surface area (Å²) in [5.74, 6) is 2.73. The molecule has 3 N–H and O–H groups in total. The van der Waals surface area contributed by atoms with Crippen molar-refractivity contribution in [3.63, 3.8) is 0 Å². The van der Waals surface area contributed by atoms with Crippen LogP contribution >= 0.6 is 11.8 Å². The van der Waals surface area contributed by atoms with E-state index in [2.05, 4.69) is 0 Å². The summed E-state index contributed by atoms with van der Waals surface area (Å²) < 4.78 is 5.38. The highest BCUT2D eigenvalue weighted by Crippen LogP contribution is 2.19. The molecule has 0 radical (unpaired) electrons. The quantitative estimate of drug-likeness (QED) is 0.699. The highest BCUT2D eigenvalue weighted by Gasteiger charge is 2.05. The fourth-order valence-corrected chi connectivity index (χ4v) is 2.40. The summed E-state index contributed by atoms with van der Waals surface area (Å²) in [6.45, 7) is 2.91. The number of hydrogen-bond donors (Lipinski definition) is 2. The lowest BCUT2D eigenvalue weighted by Crippen LogP contribution is -2.13. The van der Waals surface area contributed by atoms with Crippen molar-refractivity contribution in [1.82, 2.24) is 0 Å². The van der Waals surface area contributed by atoms with Crippen molar-refractivity contribution < 1.29 is 9.84 Å². The lowest BCUT2D eigenvalue weighted by atomic mass is 10.1. The van der Waals surface area contributed by atoms with E-state index in [1.807, 2.05) is 31.2 Å². The maximum atomic E-state index is 8.67. The molecule has 1 aromatic carbocycles. The summed E-state index contributed by atoms with van der Waals surface area (Å²) >= 11 is 1.78. The average Bonchev–Trinajstić information content (AvgIpc) is 2.36. The Balaban J connectivity index is 2.37. The van der Waals surface area contributed by atoms with E-state index < -0.39 is 0 Å². The molecule has 17 heavy (non-hydrogen) atoms. The van der Waals surface area contributed by atoms with Crippen LogP contribution < -0.4 is 10.5 Å². The summed E-state index contributed by atoms with van der Waals surface area (Å²) in [5, 5.41) is 8.67. The van der Waals surface area contributed by atoms with Gasteiger partial charge in [-0.05, 0) is 36.8 Å². The molecule has 0 amide bonds. The van der Waals surface area contributed by atoms with Crippen LogP contribution in [0.2, 0.25) is 0 Å². The zero-order chi connectivity index (χ0) is 12.5. The second-order valence-corrected chi connectivity index (χ2v) is 4.91. The SMILES string of the molecule is CCOc1ccc(C(N)CSCCCO)cc1. The van der Waals surface area contributed by atoms with Gasteiger partial charge in [-0.15, -0.1) is 0 Å². The molecule has 0 aromatic heterocycles. The predicted molar refractivity (Wildman–Crippen MR) is 73.6 cm³/mol. The summed E-state index contributed by atoms with van der Waals surface area (Å²) in [6, 6.07) is 7.99. The van der Waals surface area contributed by atoms with E-state index in [9.17, 15) is 0 Å². The zero-order valence-corrected chi connectivity index (χ0v) is 11.1. The molecule has 4 heteroatoms. The van der Waals surface area contributed by atoms with Crippen LogP contribution in [-0.2, 0) is 0 Å². The normalized spacial score (nSPS) is 12.4. The number of ether oxygens (including phenoxy) is 1. The van der Waals surface area contributed by atoms with Crippen LogP contribution in [-0.4, -0.2) is 29.8 Å². The molecule has 3 nitrogen and oxygen atoms in total. The highest BCUT2D eigenvalue weighted by atomic mass is 32.2. The number of aliphatic hydroxyl groups excluding tert-OH is 1. The van der Waals surface area contributed by atoms with Crippen LogP contribution in [0.15, 0.2) is 24.3 Å². The van der Waals surface area contributed by atoms with E-state index in [0.717, 1.165) is 29.2 Å². The summed E-state index contributed by atoms with van der Waals surface area (Å²) in [6.07, 6.45) is 0.834. The van der Waals surface area contributed by atoms with Gasteiger partial charge in [0, 0.05) is 18.4 Å². The smallest absolute Gasteiger partial charge is 0.119 e. The van der Waals surface area contributed by atoms with Gasteiger partial charge in [-0.2, -0.15) is 11.8 Å². The number of rotatable bonds is 8. The van der Waals surface area contributed by atoms with Crippen LogP contribution in [0, 0.1) is 0 Å². The summed E-state index contributed by atoms with van der Waals surface area (Å²) in [7, 11) is 0. The highest BCUT2D eigenvalue weighted by molar-refractivity contribution is 7.99. The topological polar surface area (TPSA) is 55.5 Å².